The third-order valence-electron chi connectivity index (χ3n) is 8.02. The quantitative estimate of drug-likeness (QED) is 0.0724. The van der Waals surface area contributed by atoms with E-state index in [9.17, 15) is 14.4 Å². The number of aryl methyl sites for hydroxylation is 1. The smallest absolute Gasteiger partial charge is 0.234 e. The Morgan fingerprint density at radius 3 is 1.57 bits per heavy atom. The predicted octanol–water partition coefficient (Wildman–Crippen LogP) is 5.30. The van der Waals surface area contributed by atoms with Gasteiger partial charge >= 0.3 is 0 Å². The molecule has 0 radical (unpaired) electrons. The second-order valence-corrected chi connectivity index (χ2v) is 11.5. The van der Waals surface area contributed by atoms with Gasteiger partial charge in [-0.25, -0.2) is 0 Å². The fourth-order valence-electron chi connectivity index (χ4n) is 5.62. The molecule has 0 bridgehead atoms. The number of nitrogens with one attached hydrogen (secondary N) is 1. The average molecular weight is 716 g/mol. The van der Waals surface area contributed by atoms with Crippen LogP contribution >= 0.6 is 0 Å². The number of primary amides is 1. The van der Waals surface area contributed by atoms with Gasteiger partial charge in [-0.1, -0.05) is 127 Å². The number of carbonyl (C=O) groups excluding carboxylic acids is 4. The first-order valence-corrected chi connectivity index (χ1v) is 16.8. The van der Waals surface area contributed by atoms with Crippen LogP contribution in [0.1, 0.15) is 35.1 Å². The Morgan fingerprint density at radius 2 is 1.17 bits per heavy atom. The number of amides is 2. The van der Waals surface area contributed by atoms with Gasteiger partial charge in [-0.2, -0.15) is 0 Å². The normalized spacial score (nSPS) is 10.6. The van der Waals surface area contributed by atoms with E-state index in [2.05, 4.69) is 5.32 Å². The summed E-state index contributed by atoms with van der Waals surface area (Å²) in [7, 11) is 2.97. The zero-order chi connectivity index (χ0) is 39.1. The number of nitrogens with zero attached hydrogens (tertiary/aromatic N) is 1. The topological polar surface area (TPSA) is 184 Å². The molecule has 10 heteroatoms. The first-order chi connectivity index (χ1) is 25.8. The molecule has 53 heavy (non-hydrogen) atoms. The molecule has 10 nitrogen and oxygen atoms in total. The maximum absolute atomic E-state index is 12.7. The van der Waals surface area contributed by atoms with E-state index in [1.54, 1.807) is 0 Å². The molecule has 0 saturated carbocycles. The number of nitrogen functional groups attached to an aromatic ring is 1. The minimum atomic E-state index is -0.816. The molecular weight excluding hydrogens is 667 g/mol. The highest BCUT2D eigenvalue weighted by Gasteiger charge is 2.37. The Morgan fingerprint density at radius 1 is 0.755 bits per heavy atom. The van der Waals surface area contributed by atoms with Crippen molar-refractivity contribution in [2.45, 2.75) is 30.8 Å². The first kappa shape index (κ1) is 42.8. The minimum absolute atomic E-state index is 0.159. The van der Waals surface area contributed by atoms with Gasteiger partial charge < -0.3 is 41.8 Å². The van der Waals surface area contributed by atoms with Crippen LogP contribution in [0.5, 0.6) is 0 Å². The summed E-state index contributed by atoms with van der Waals surface area (Å²) in [6.45, 7) is 2.00. The molecule has 6 rings (SSSR count). The van der Waals surface area contributed by atoms with Gasteiger partial charge in [0.2, 0.25) is 11.8 Å². The van der Waals surface area contributed by atoms with E-state index >= 15 is 0 Å². The number of hydrogen-bond acceptors (Lipinski definition) is 7. The number of benzene rings is 5. The molecule has 0 aliphatic rings. The number of hydrogen-bond donors (Lipinski definition) is 5. The lowest BCUT2D eigenvalue weighted by Gasteiger charge is -2.37. The Kier molecular flexibility index (Phi) is 18.7. The minimum Gasteiger partial charge on any atom is -0.400 e. The number of para-hydroxylation sites is 2. The fraction of sp³-hybridized carbons (Fsp3) is 0.163. The number of aliphatic hydroxyl groups is 1. The monoisotopic (exact) mass is 715 g/mol. The Bertz CT molecular complexity index is 1840. The van der Waals surface area contributed by atoms with Crippen molar-refractivity contribution in [3.63, 3.8) is 0 Å². The lowest BCUT2D eigenvalue weighted by Crippen LogP contribution is -2.47. The molecule has 2 amide bonds. The Labute approximate surface area is 311 Å². The van der Waals surface area contributed by atoms with Crippen molar-refractivity contribution in [2.75, 3.05) is 12.8 Å². The maximum Gasteiger partial charge on any atom is 0.234 e. The van der Waals surface area contributed by atoms with E-state index in [-0.39, 0.29) is 18.7 Å². The largest absolute Gasteiger partial charge is 0.400 e. The molecule has 0 fully saturated rings. The van der Waals surface area contributed by atoms with Crippen molar-refractivity contribution in [2.24, 2.45) is 18.5 Å². The zero-order valence-corrected chi connectivity index (χ0v) is 30.2. The van der Waals surface area contributed by atoms with Gasteiger partial charge in [-0.15, -0.1) is 0 Å². The number of rotatable bonds is 10. The standard InChI is InChI=1S/C23H21NO2.C12H15N3O.C6H7N.CH4O.CH2O/c25-18-10-17-22(26)24-23(19-11-4-1-5-12-19,20-13-6-2-7-14-20)21-15-8-3-9-16-21;1-15-7-8(6-10(13)12(14)16)9-4-2-3-5-11(9)15;7-6-4-2-1-3-5-6;2*1-2/h1-9,11-16,18H,10,17H2,(H,24,26);2-5,7,10H,6,13H2,1H3,(H2,14,16);1-5H,7H2;2H,1H3;1H2. The van der Waals surface area contributed by atoms with Crippen molar-refractivity contribution in [3.8, 4) is 0 Å². The van der Waals surface area contributed by atoms with Crippen molar-refractivity contribution in [1.82, 2.24) is 9.88 Å². The van der Waals surface area contributed by atoms with E-state index in [0.29, 0.717) is 6.42 Å². The second kappa shape index (κ2) is 23.2. The SMILES string of the molecule is C=O.CO.Cn1cc(CC(N)C(N)=O)c2ccccc21.Nc1ccccc1.O=CCCC(=O)NC(c1ccccc1)(c1ccccc1)c1ccccc1. The molecule has 1 heterocycles. The summed E-state index contributed by atoms with van der Waals surface area (Å²) in [6.07, 6.45) is 3.62. The molecule has 5 aromatic carbocycles. The van der Waals surface area contributed by atoms with Crippen LogP contribution in [0.25, 0.3) is 10.9 Å². The summed E-state index contributed by atoms with van der Waals surface area (Å²) in [5, 5.41) is 11.3. The lowest BCUT2D eigenvalue weighted by atomic mass is 9.77. The van der Waals surface area contributed by atoms with E-state index in [4.69, 9.17) is 27.1 Å². The number of aliphatic hydroxyl groups excluding tert-OH is 1. The molecule has 1 aromatic heterocycles. The van der Waals surface area contributed by atoms with Crippen molar-refractivity contribution < 1.29 is 24.3 Å². The third kappa shape index (κ3) is 12.4. The van der Waals surface area contributed by atoms with Crippen molar-refractivity contribution in [3.05, 3.63) is 174 Å². The van der Waals surface area contributed by atoms with Gasteiger partial charge in [-0.05, 0) is 46.9 Å². The number of aromatic nitrogens is 1. The van der Waals surface area contributed by atoms with Crippen molar-refractivity contribution >= 4 is 41.5 Å². The highest BCUT2D eigenvalue weighted by Crippen LogP contribution is 2.36. The highest BCUT2D eigenvalue weighted by atomic mass is 16.2. The second-order valence-electron chi connectivity index (χ2n) is 11.5. The van der Waals surface area contributed by atoms with E-state index < -0.39 is 17.5 Å². The number of fused-ring (bicyclic) bond motifs is 1. The van der Waals surface area contributed by atoms with E-state index in [1.807, 2.05) is 170 Å². The number of carbonyl (C=O) groups is 4. The molecule has 0 aliphatic heterocycles. The Hall–Kier alpha value is -6.36. The summed E-state index contributed by atoms with van der Waals surface area (Å²) in [4.78, 5) is 42.3. The average Bonchev–Trinajstić information content (AvgIpc) is 3.53. The summed E-state index contributed by atoms with van der Waals surface area (Å²) in [6, 6.07) is 46.6. The van der Waals surface area contributed by atoms with Crippen LogP contribution in [0.3, 0.4) is 0 Å². The lowest BCUT2D eigenvalue weighted by molar-refractivity contribution is -0.123. The highest BCUT2D eigenvalue weighted by molar-refractivity contribution is 5.86. The fourth-order valence-corrected chi connectivity index (χ4v) is 5.62. The Balaban J connectivity index is 0.000000304. The van der Waals surface area contributed by atoms with Crippen LogP contribution in [-0.2, 0) is 38.2 Å². The molecule has 276 valence electrons. The zero-order valence-electron chi connectivity index (χ0n) is 30.2. The summed E-state index contributed by atoms with van der Waals surface area (Å²) in [5.41, 5.74) is 21.3. The van der Waals surface area contributed by atoms with Gasteiger partial charge in [0.15, 0.2) is 0 Å². The van der Waals surface area contributed by atoms with Crippen LogP contribution in [0.15, 0.2) is 152 Å². The van der Waals surface area contributed by atoms with E-state index in [0.717, 1.165) is 52.2 Å². The molecule has 0 spiro atoms. The molecule has 6 aromatic rings. The van der Waals surface area contributed by atoms with Crippen LogP contribution in [-0.4, -0.2) is 47.7 Å². The van der Waals surface area contributed by atoms with Crippen LogP contribution in [0.2, 0.25) is 0 Å². The number of aldehydes is 1. The third-order valence-corrected chi connectivity index (χ3v) is 8.02. The molecular formula is C43H49N5O5. The van der Waals surface area contributed by atoms with Crippen LogP contribution < -0.4 is 22.5 Å². The van der Waals surface area contributed by atoms with E-state index in [1.165, 1.54) is 0 Å². The molecule has 0 saturated heterocycles. The van der Waals surface area contributed by atoms with Gasteiger partial charge in [0.1, 0.15) is 18.6 Å². The van der Waals surface area contributed by atoms with Gasteiger partial charge in [0, 0.05) is 49.8 Å². The molecule has 1 unspecified atom stereocenters. The van der Waals surface area contributed by atoms with Gasteiger partial charge in [0.25, 0.3) is 0 Å². The van der Waals surface area contributed by atoms with Crippen LogP contribution in [0, 0.1) is 0 Å². The van der Waals surface area contributed by atoms with Gasteiger partial charge in [0.05, 0.1) is 6.04 Å². The summed E-state index contributed by atoms with van der Waals surface area (Å²) < 4.78 is 2.03. The molecule has 8 N–H and O–H groups in total. The first-order valence-electron chi connectivity index (χ1n) is 16.8. The van der Waals surface area contributed by atoms with Gasteiger partial charge in [-0.3, -0.25) is 9.59 Å². The summed E-state index contributed by atoms with van der Waals surface area (Å²) in [5.74, 6) is -0.624. The van der Waals surface area contributed by atoms with Crippen molar-refractivity contribution in [1.29, 1.82) is 0 Å². The molecule has 0 aliphatic carbocycles. The number of anilines is 1. The van der Waals surface area contributed by atoms with Crippen LogP contribution in [0.4, 0.5) is 5.69 Å². The predicted molar refractivity (Wildman–Crippen MR) is 213 cm³/mol. The number of nitrogens with two attached hydrogens (primary N) is 3. The summed E-state index contributed by atoms with van der Waals surface area (Å²) >= 11 is 0. The maximum atomic E-state index is 12.7. The molecule has 1 atom stereocenters.